The molecule has 1 aliphatic heterocycles. The van der Waals surface area contributed by atoms with E-state index in [2.05, 4.69) is 21.7 Å². The Labute approximate surface area is 116 Å². The van der Waals surface area contributed by atoms with E-state index in [9.17, 15) is 4.79 Å². The van der Waals surface area contributed by atoms with Crippen molar-refractivity contribution < 1.29 is 4.79 Å². The van der Waals surface area contributed by atoms with Gasteiger partial charge in [0.15, 0.2) is 5.01 Å². The van der Waals surface area contributed by atoms with Crippen LogP contribution in [0.5, 0.6) is 0 Å². The van der Waals surface area contributed by atoms with Gasteiger partial charge >= 0.3 is 0 Å². The van der Waals surface area contributed by atoms with Crippen LogP contribution in [0.25, 0.3) is 10.2 Å². The Balaban J connectivity index is 1.77. The molecule has 2 N–H and O–H groups in total. The van der Waals surface area contributed by atoms with Crippen LogP contribution in [-0.2, 0) is 0 Å². The molecule has 0 atom stereocenters. The van der Waals surface area contributed by atoms with Crippen molar-refractivity contribution in [3.63, 3.8) is 0 Å². The second kappa shape index (κ2) is 5.27. The molecular formula is C14H17N3OS. The minimum atomic E-state index is -0.0363. The van der Waals surface area contributed by atoms with Crippen LogP contribution in [0.2, 0.25) is 0 Å². The molecular weight excluding hydrogens is 258 g/mol. The van der Waals surface area contributed by atoms with Crippen molar-refractivity contribution in [2.75, 3.05) is 13.1 Å². The number of thiazole rings is 1. The number of fused-ring (bicyclic) bond motifs is 1. The third-order valence-electron chi connectivity index (χ3n) is 3.41. The summed E-state index contributed by atoms with van der Waals surface area (Å²) in [5.41, 5.74) is 2.10. The van der Waals surface area contributed by atoms with Gasteiger partial charge in [-0.15, -0.1) is 11.3 Å². The zero-order chi connectivity index (χ0) is 13.2. The van der Waals surface area contributed by atoms with Crippen LogP contribution >= 0.6 is 11.3 Å². The number of carbonyl (C=O) groups is 1. The van der Waals surface area contributed by atoms with Crippen molar-refractivity contribution in [3.05, 3.63) is 28.8 Å². The maximum absolute atomic E-state index is 12.2. The average molecular weight is 275 g/mol. The monoisotopic (exact) mass is 275 g/mol. The summed E-state index contributed by atoms with van der Waals surface area (Å²) in [5.74, 6) is -0.0363. The fraction of sp³-hybridized carbons (Fsp3) is 0.429. The van der Waals surface area contributed by atoms with Crippen molar-refractivity contribution in [1.82, 2.24) is 15.6 Å². The van der Waals surface area contributed by atoms with Gasteiger partial charge in [-0.25, -0.2) is 4.98 Å². The van der Waals surface area contributed by atoms with E-state index in [-0.39, 0.29) is 11.9 Å². The van der Waals surface area contributed by atoms with Crippen LogP contribution < -0.4 is 10.6 Å². The summed E-state index contributed by atoms with van der Waals surface area (Å²) in [6.45, 7) is 4.00. The Hall–Kier alpha value is -1.46. The van der Waals surface area contributed by atoms with Gasteiger partial charge in [-0.1, -0.05) is 6.07 Å². The average Bonchev–Trinajstić information content (AvgIpc) is 2.83. The molecule has 4 nitrogen and oxygen atoms in total. The van der Waals surface area contributed by atoms with E-state index >= 15 is 0 Å². The van der Waals surface area contributed by atoms with Gasteiger partial charge in [0, 0.05) is 6.04 Å². The quantitative estimate of drug-likeness (QED) is 0.882. The molecule has 0 spiro atoms. The predicted octanol–water partition coefficient (Wildman–Crippen LogP) is 2.09. The lowest BCUT2D eigenvalue weighted by Gasteiger charge is -2.23. The van der Waals surface area contributed by atoms with E-state index in [1.807, 2.05) is 19.1 Å². The standard InChI is InChI=1S/C14H17N3OS/c1-9-2-3-11-12(8-9)19-14(17-11)13(18)16-10-4-6-15-7-5-10/h2-3,8,10,15H,4-7H2,1H3,(H,16,18). The van der Waals surface area contributed by atoms with Gasteiger partial charge in [0.25, 0.3) is 5.91 Å². The van der Waals surface area contributed by atoms with Gasteiger partial charge in [0.05, 0.1) is 10.2 Å². The molecule has 1 aromatic heterocycles. The first-order valence-electron chi connectivity index (χ1n) is 6.61. The summed E-state index contributed by atoms with van der Waals surface area (Å²) in [6, 6.07) is 6.36. The Morgan fingerprint density at radius 3 is 3.00 bits per heavy atom. The molecule has 2 heterocycles. The molecule has 0 saturated carbocycles. The van der Waals surface area contributed by atoms with Crippen LogP contribution in [0.1, 0.15) is 28.2 Å². The Bertz CT molecular complexity index is 602. The number of hydrogen-bond acceptors (Lipinski definition) is 4. The molecule has 1 amide bonds. The number of nitrogens with zero attached hydrogens (tertiary/aromatic N) is 1. The molecule has 19 heavy (non-hydrogen) atoms. The third kappa shape index (κ3) is 2.77. The van der Waals surface area contributed by atoms with E-state index in [0.717, 1.165) is 36.1 Å². The van der Waals surface area contributed by atoms with Crippen LogP contribution in [0.3, 0.4) is 0 Å². The number of amides is 1. The summed E-state index contributed by atoms with van der Waals surface area (Å²) >= 11 is 1.47. The van der Waals surface area contributed by atoms with E-state index in [1.54, 1.807) is 0 Å². The number of hydrogen-bond donors (Lipinski definition) is 2. The lowest BCUT2D eigenvalue weighted by Crippen LogP contribution is -2.42. The van der Waals surface area contributed by atoms with Crippen molar-refractivity contribution in [2.45, 2.75) is 25.8 Å². The topological polar surface area (TPSA) is 54.0 Å². The van der Waals surface area contributed by atoms with E-state index in [0.29, 0.717) is 5.01 Å². The first-order chi connectivity index (χ1) is 9.22. The molecule has 0 unspecified atom stereocenters. The lowest BCUT2D eigenvalue weighted by atomic mass is 10.1. The zero-order valence-corrected chi connectivity index (χ0v) is 11.7. The highest BCUT2D eigenvalue weighted by atomic mass is 32.1. The second-order valence-corrected chi connectivity index (χ2v) is 6.02. The van der Waals surface area contributed by atoms with Crippen molar-refractivity contribution in [3.8, 4) is 0 Å². The molecule has 0 aliphatic carbocycles. The summed E-state index contributed by atoms with van der Waals surface area (Å²) in [4.78, 5) is 16.6. The van der Waals surface area contributed by atoms with Gasteiger partial charge in [0.1, 0.15) is 0 Å². The van der Waals surface area contributed by atoms with Crippen LogP contribution in [0.15, 0.2) is 18.2 Å². The summed E-state index contributed by atoms with van der Waals surface area (Å²) in [7, 11) is 0. The molecule has 5 heteroatoms. The SMILES string of the molecule is Cc1ccc2nc(C(=O)NC3CCNCC3)sc2c1. The Morgan fingerprint density at radius 1 is 1.42 bits per heavy atom. The van der Waals surface area contributed by atoms with Gasteiger partial charge in [0.2, 0.25) is 0 Å². The Kier molecular flexibility index (Phi) is 3.48. The van der Waals surface area contributed by atoms with E-state index < -0.39 is 0 Å². The summed E-state index contributed by atoms with van der Waals surface area (Å²) < 4.78 is 1.08. The number of nitrogens with one attached hydrogen (secondary N) is 2. The minimum absolute atomic E-state index is 0.0363. The number of aromatic nitrogens is 1. The van der Waals surface area contributed by atoms with Crippen LogP contribution in [0.4, 0.5) is 0 Å². The molecule has 0 radical (unpaired) electrons. The van der Waals surface area contributed by atoms with Gasteiger partial charge in [-0.3, -0.25) is 4.79 Å². The molecule has 0 bridgehead atoms. The molecule has 2 aromatic rings. The van der Waals surface area contributed by atoms with Crippen LogP contribution in [-0.4, -0.2) is 30.0 Å². The third-order valence-corrected chi connectivity index (χ3v) is 4.43. The number of piperidine rings is 1. The first kappa shape index (κ1) is 12.6. The molecule has 100 valence electrons. The predicted molar refractivity (Wildman–Crippen MR) is 77.7 cm³/mol. The van der Waals surface area contributed by atoms with Crippen molar-refractivity contribution >= 4 is 27.5 Å². The molecule has 1 aromatic carbocycles. The number of benzene rings is 1. The fourth-order valence-corrected chi connectivity index (χ4v) is 3.31. The number of carbonyl (C=O) groups excluding carboxylic acids is 1. The Morgan fingerprint density at radius 2 is 2.21 bits per heavy atom. The van der Waals surface area contributed by atoms with Crippen molar-refractivity contribution in [1.29, 1.82) is 0 Å². The smallest absolute Gasteiger partial charge is 0.280 e. The maximum Gasteiger partial charge on any atom is 0.280 e. The largest absolute Gasteiger partial charge is 0.347 e. The van der Waals surface area contributed by atoms with Gasteiger partial charge in [-0.2, -0.15) is 0 Å². The van der Waals surface area contributed by atoms with Crippen LogP contribution in [0, 0.1) is 6.92 Å². The van der Waals surface area contributed by atoms with E-state index in [1.165, 1.54) is 16.9 Å². The number of rotatable bonds is 2. The maximum atomic E-state index is 12.2. The normalized spacial score (nSPS) is 16.7. The molecule has 1 saturated heterocycles. The van der Waals surface area contributed by atoms with Gasteiger partial charge < -0.3 is 10.6 Å². The number of aryl methyl sites for hydroxylation is 1. The van der Waals surface area contributed by atoms with Crippen molar-refractivity contribution in [2.24, 2.45) is 0 Å². The molecule has 3 rings (SSSR count). The first-order valence-corrected chi connectivity index (χ1v) is 7.43. The zero-order valence-electron chi connectivity index (χ0n) is 10.9. The lowest BCUT2D eigenvalue weighted by molar-refractivity contribution is 0.0929. The van der Waals surface area contributed by atoms with E-state index in [4.69, 9.17) is 0 Å². The highest BCUT2D eigenvalue weighted by Gasteiger charge is 2.18. The molecule has 1 aliphatic rings. The van der Waals surface area contributed by atoms with Gasteiger partial charge in [-0.05, 0) is 50.6 Å². The highest BCUT2D eigenvalue weighted by molar-refractivity contribution is 7.20. The summed E-state index contributed by atoms with van der Waals surface area (Å²) in [6.07, 6.45) is 1.99. The highest BCUT2D eigenvalue weighted by Crippen LogP contribution is 2.23. The second-order valence-electron chi connectivity index (χ2n) is 4.99. The fourth-order valence-electron chi connectivity index (χ4n) is 2.34. The summed E-state index contributed by atoms with van der Waals surface area (Å²) in [5, 5.41) is 6.94. The molecule has 1 fully saturated rings. The minimum Gasteiger partial charge on any atom is -0.347 e.